The molecule has 2 aromatic rings. The minimum absolute atomic E-state index is 0.568. The van der Waals surface area contributed by atoms with E-state index in [9.17, 15) is 0 Å². The average molecular weight is 268 g/mol. The lowest BCUT2D eigenvalue weighted by Gasteiger charge is -2.02. The molecule has 0 spiro atoms. The molecule has 0 amide bonds. The summed E-state index contributed by atoms with van der Waals surface area (Å²) < 4.78 is 7.22. The number of hydrogen-bond donors (Lipinski definition) is 1. The van der Waals surface area contributed by atoms with Crippen molar-refractivity contribution in [3.8, 4) is 23.1 Å². The minimum atomic E-state index is 0.568. The number of aromatic nitrogens is 2. The number of nitriles is 1. The third kappa shape index (κ3) is 2.21. The first kappa shape index (κ1) is 12.5. The third-order valence-electron chi connectivity index (χ3n) is 3.57. The van der Waals surface area contributed by atoms with Crippen LogP contribution in [0.5, 0.6) is 5.75 Å². The fraction of sp³-hybridized carbons (Fsp3) is 0.333. The van der Waals surface area contributed by atoms with E-state index in [1.807, 2.05) is 16.8 Å². The second kappa shape index (κ2) is 4.89. The Labute approximate surface area is 117 Å². The standard InChI is InChI=1S/C15H16N4O/c1-20-14-13(12-6-4-10(8-16)5-7-12)18-19(15(14)17)9-11-2-3-11/h4-7,11H,2-3,9,17H2,1H3. The molecule has 102 valence electrons. The average Bonchev–Trinajstić information content (AvgIpc) is 3.24. The fourth-order valence-corrected chi connectivity index (χ4v) is 2.24. The summed E-state index contributed by atoms with van der Waals surface area (Å²) >= 11 is 0. The zero-order valence-corrected chi connectivity index (χ0v) is 11.3. The summed E-state index contributed by atoms with van der Waals surface area (Å²) in [5, 5.41) is 13.4. The highest BCUT2D eigenvalue weighted by molar-refractivity contribution is 5.73. The summed E-state index contributed by atoms with van der Waals surface area (Å²) in [6.45, 7) is 0.846. The molecule has 1 aromatic heterocycles. The van der Waals surface area contributed by atoms with Crippen molar-refractivity contribution in [2.24, 2.45) is 5.92 Å². The van der Waals surface area contributed by atoms with E-state index in [0.717, 1.165) is 17.8 Å². The van der Waals surface area contributed by atoms with Crippen LogP contribution in [-0.2, 0) is 6.54 Å². The van der Waals surface area contributed by atoms with Gasteiger partial charge in [-0.05, 0) is 30.9 Å². The Morgan fingerprint density at radius 3 is 2.65 bits per heavy atom. The Morgan fingerprint density at radius 2 is 2.10 bits per heavy atom. The Kier molecular flexibility index (Phi) is 3.07. The second-order valence-corrected chi connectivity index (χ2v) is 5.08. The summed E-state index contributed by atoms with van der Waals surface area (Å²) in [5.41, 5.74) is 8.37. The van der Waals surface area contributed by atoms with Crippen molar-refractivity contribution >= 4 is 5.82 Å². The number of methoxy groups -OCH3 is 1. The van der Waals surface area contributed by atoms with E-state index in [2.05, 4.69) is 11.2 Å². The van der Waals surface area contributed by atoms with Gasteiger partial charge in [-0.2, -0.15) is 10.4 Å². The maximum absolute atomic E-state index is 8.84. The maximum Gasteiger partial charge on any atom is 0.188 e. The number of benzene rings is 1. The van der Waals surface area contributed by atoms with Crippen LogP contribution in [0.15, 0.2) is 24.3 Å². The minimum Gasteiger partial charge on any atom is -0.491 e. The van der Waals surface area contributed by atoms with Crippen molar-refractivity contribution in [2.75, 3.05) is 12.8 Å². The van der Waals surface area contributed by atoms with Crippen LogP contribution in [0.3, 0.4) is 0 Å². The molecule has 0 aliphatic heterocycles. The molecule has 3 rings (SSSR count). The zero-order chi connectivity index (χ0) is 14.1. The van der Waals surface area contributed by atoms with Gasteiger partial charge < -0.3 is 10.5 Å². The topological polar surface area (TPSA) is 76.9 Å². The lowest BCUT2D eigenvalue weighted by Crippen LogP contribution is -2.06. The van der Waals surface area contributed by atoms with Crippen molar-refractivity contribution in [3.05, 3.63) is 29.8 Å². The van der Waals surface area contributed by atoms with Gasteiger partial charge in [-0.1, -0.05) is 12.1 Å². The lowest BCUT2D eigenvalue weighted by atomic mass is 10.1. The highest BCUT2D eigenvalue weighted by atomic mass is 16.5. The first-order chi connectivity index (χ1) is 9.72. The molecule has 20 heavy (non-hydrogen) atoms. The predicted octanol–water partition coefficient (Wildman–Crippen LogP) is 2.42. The first-order valence-corrected chi connectivity index (χ1v) is 6.63. The van der Waals surface area contributed by atoms with Crippen LogP contribution < -0.4 is 10.5 Å². The van der Waals surface area contributed by atoms with E-state index in [1.54, 1.807) is 19.2 Å². The molecule has 0 saturated heterocycles. The van der Waals surface area contributed by atoms with Crippen molar-refractivity contribution in [2.45, 2.75) is 19.4 Å². The van der Waals surface area contributed by atoms with Gasteiger partial charge in [0, 0.05) is 12.1 Å². The Morgan fingerprint density at radius 1 is 1.40 bits per heavy atom. The van der Waals surface area contributed by atoms with E-state index in [-0.39, 0.29) is 0 Å². The number of anilines is 1. The molecule has 1 aliphatic carbocycles. The van der Waals surface area contributed by atoms with Gasteiger partial charge in [0.25, 0.3) is 0 Å². The molecule has 0 atom stereocenters. The van der Waals surface area contributed by atoms with Crippen LogP contribution in [0.1, 0.15) is 18.4 Å². The molecule has 0 radical (unpaired) electrons. The maximum atomic E-state index is 8.84. The monoisotopic (exact) mass is 268 g/mol. The van der Waals surface area contributed by atoms with Crippen molar-refractivity contribution < 1.29 is 4.74 Å². The summed E-state index contributed by atoms with van der Waals surface area (Å²) in [5.74, 6) is 1.87. The SMILES string of the molecule is COc1c(-c2ccc(C#N)cc2)nn(CC2CC2)c1N. The van der Waals surface area contributed by atoms with Crippen LogP contribution in [0.2, 0.25) is 0 Å². The van der Waals surface area contributed by atoms with Crippen LogP contribution >= 0.6 is 0 Å². The number of rotatable bonds is 4. The van der Waals surface area contributed by atoms with E-state index in [1.165, 1.54) is 12.8 Å². The van der Waals surface area contributed by atoms with Gasteiger partial charge in [-0.25, -0.2) is 4.68 Å². The number of ether oxygens (including phenoxy) is 1. The van der Waals surface area contributed by atoms with Crippen LogP contribution in [-0.4, -0.2) is 16.9 Å². The Balaban J connectivity index is 2.00. The molecule has 2 N–H and O–H groups in total. The zero-order valence-electron chi connectivity index (χ0n) is 11.3. The normalized spacial score (nSPS) is 14.0. The van der Waals surface area contributed by atoms with E-state index < -0.39 is 0 Å². The quantitative estimate of drug-likeness (QED) is 0.923. The Bertz CT molecular complexity index is 662. The molecule has 0 bridgehead atoms. The van der Waals surface area contributed by atoms with Crippen LogP contribution in [0, 0.1) is 17.2 Å². The molecule has 1 heterocycles. The van der Waals surface area contributed by atoms with Crippen molar-refractivity contribution in [1.29, 1.82) is 5.26 Å². The summed E-state index contributed by atoms with van der Waals surface area (Å²) in [6, 6.07) is 9.37. The largest absolute Gasteiger partial charge is 0.491 e. The lowest BCUT2D eigenvalue weighted by molar-refractivity contribution is 0.417. The highest BCUT2D eigenvalue weighted by Gasteiger charge is 2.25. The van der Waals surface area contributed by atoms with Crippen LogP contribution in [0.25, 0.3) is 11.3 Å². The second-order valence-electron chi connectivity index (χ2n) is 5.08. The van der Waals surface area contributed by atoms with Crippen molar-refractivity contribution in [1.82, 2.24) is 9.78 Å². The third-order valence-corrected chi connectivity index (χ3v) is 3.57. The van der Waals surface area contributed by atoms with Crippen LogP contribution in [0.4, 0.5) is 5.82 Å². The van der Waals surface area contributed by atoms with Gasteiger partial charge in [-0.15, -0.1) is 0 Å². The van der Waals surface area contributed by atoms with Gasteiger partial charge in [0.2, 0.25) is 0 Å². The van der Waals surface area contributed by atoms with Gasteiger partial charge in [0.1, 0.15) is 5.69 Å². The summed E-state index contributed by atoms with van der Waals surface area (Å²) in [6.07, 6.45) is 2.49. The predicted molar refractivity (Wildman–Crippen MR) is 76.1 cm³/mol. The molecule has 1 fully saturated rings. The summed E-state index contributed by atoms with van der Waals surface area (Å²) in [4.78, 5) is 0. The fourth-order valence-electron chi connectivity index (χ4n) is 2.24. The van der Waals surface area contributed by atoms with E-state index in [4.69, 9.17) is 15.7 Å². The van der Waals surface area contributed by atoms with Gasteiger partial charge in [0.15, 0.2) is 11.6 Å². The van der Waals surface area contributed by atoms with Crippen molar-refractivity contribution in [3.63, 3.8) is 0 Å². The number of nitrogen functional groups attached to an aromatic ring is 1. The van der Waals surface area contributed by atoms with Gasteiger partial charge in [-0.3, -0.25) is 0 Å². The molecule has 5 nitrogen and oxygen atoms in total. The Hall–Kier alpha value is -2.48. The molecule has 1 saturated carbocycles. The highest BCUT2D eigenvalue weighted by Crippen LogP contribution is 2.37. The molecule has 1 aliphatic rings. The van der Waals surface area contributed by atoms with E-state index in [0.29, 0.717) is 23.0 Å². The molecule has 5 heteroatoms. The molecule has 1 aromatic carbocycles. The van der Waals surface area contributed by atoms with Gasteiger partial charge in [0.05, 0.1) is 18.7 Å². The first-order valence-electron chi connectivity index (χ1n) is 6.63. The molecular formula is C15H16N4O. The molecule has 0 unspecified atom stereocenters. The number of nitrogens with zero attached hydrogens (tertiary/aromatic N) is 3. The number of hydrogen-bond acceptors (Lipinski definition) is 4. The number of nitrogens with two attached hydrogens (primary N) is 1. The summed E-state index contributed by atoms with van der Waals surface area (Å²) in [7, 11) is 1.60. The van der Waals surface area contributed by atoms with E-state index >= 15 is 0 Å². The van der Waals surface area contributed by atoms with Gasteiger partial charge >= 0.3 is 0 Å². The molecular weight excluding hydrogens is 252 g/mol. The smallest absolute Gasteiger partial charge is 0.188 e.